The number of nitrogen functional groups attached to an aromatic ring is 1. The molecule has 0 saturated heterocycles. The number of nitrogens with two attached hydrogens (primary N) is 1. The largest absolute Gasteiger partial charge is 0.368 e. The molecule has 0 saturated carbocycles. The summed E-state index contributed by atoms with van der Waals surface area (Å²) in [7, 11) is 0. The monoisotopic (exact) mass is 490 g/mol. The van der Waals surface area contributed by atoms with Crippen LogP contribution in [0.4, 0.5) is 5.95 Å². The van der Waals surface area contributed by atoms with Gasteiger partial charge in [0.15, 0.2) is 10.8 Å². The average Bonchev–Trinajstić information content (AvgIpc) is 2.95. The van der Waals surface area contributed by atoms with Gasteiger partial charge in [0.25, 0.3) is 5.69 Å². The van der Waals surface area contributed by atoms with Gasteiger partial charge in [-0.15, -0.1) is 0 Å². The molecule has 0 unspecified atom stereocenters. The van der Waals surface area contributed by atoms with Gasteiger partial charge in [-0.05, 0) is 41.9 Å². The molecule has 0 amide bonds. The Morgan fingerprint density at radius 1 is 1.23 bits per heavy atom. The molecule has 0 aliphatic heterocycles. The highest BCUT2D eigenvalue weighted by molar-refractivity contribution is 9.10. The zero-order chi connectivity index (χ0) is 21.6. The number of pyridine rings is 2. The average molecular weight is 492 g/mol. The Morgan fingerprint density at radius 3 is 2.70 bits per heavy atom. The van der Waals surface area contributed by atoms with Gasteiger partial charge in [0.1, 0.15) is 12.1 Å². The minimum absolute atomic E-state index is 0.0464. The summed E-state index contributed by atoms with van der Waals surface area (Å²) in [6.45, 7) is 3.96. The van der Waals surface area contributed by atoms with E-state index in [0.29, 0.717) is 16.9 Å². The number of nitrogens with zero attached hydrogens (tertiary/aromatic N) is 6. The number of halogens is 2. The second-order valence-corrected chi connectivity index (χ2v) is 8.01. The molecule has 0 fully saturated rings. The molecule has 4 aromatic rings. The van der Waals surface area contributed by atoms with Gasteiger partial charge in [-0.2, -0.15) is 9.97 Å². The molecule has 0 radical (unpaired) electrons. The Balaban J connectivity index is 1.94. The van der Waals surface area contributed by atoms with Gasteiger partial charge in [0.05, 0.1) is 12.2 Å². The second kappa shape index (κ2) is 7.69. The number of fused-ring (bicyclic) bond motifs is 1. The summed E-state index contributed by atoms with van der Waals surface area (Å²) in [4.78, 5) is 25.9. The van der Waals surface area contributed by atoms with Crippen molar-refractivity contribution in [2.45, 2.75) is 26.9 Å². The fraction of sp³-hybridized carbons (Fsp3) is 0.211. The van der Waals surface area contributed by atoms with Crippen LogP contribution >= 0.6 is 27.5 Å². The van der Waals surface area contributed by atoms with E-state index in [0.717, 1.165) is 20.3 Å². The SMILES string of the molecule is Cc1c[n+](O)c(Cn2c(=O)n(Cc3ccccn3)c3c(Cl)nc(N)nc32)c(C)c1Br. The van der Waals surface area contributed by atoms with Crippen molar-refractivity contribution in [3.63, 3.8) is 0 Å². The Kier molecular flexibility index (Phi) is 5.20. The molecule has 4 heterocycles. The van der Waals surface area contributed by atoms with E-state index < -0.39 is 0 Å². The minimum atomic E-state index is -0.367. The van der Waals surface area contributed by atoms with Crippen LogP contribution in [0, 0.1) is 13.8 Å². The second-order valence-electron chi connectivity index (χ2n) is 6.86. The fourth-order valence-corrected chi connectivity index (χ4v) is 3.98. The molecule has 0 atom stereocenters. The molecule has 11 heteroatoms. The van der Waals surface area contributed by atoms with Gasteiger partial charge in [-0.3, -0.25) is 19.3 Å². The zero-order valence-electron chi connectivity index (χ0n) is 16.2. The van der Waals surface area contributed by atoms with Crippen LogP contribution in [0.15, 0.2) is 39.9 Å². The number of hydrogen-bond donors (Lipinski definition) is 2. The number of hydrogen-bond acceptors (Lipinski definition) is 6. The van der Waals surface area contributed by atoms with E-state index >= 15 is 0 Å². The number of rotatable bonds is 4. The van der Waals surface area contributed by atoms with E-state index in [2.05, 4.69) is 30.9 Å². The predicted octanol–water partition coefficient (Wildman–Crippen LogP) is 2.22. The molecule has 30 heavy (non-hydrogen) atoms. The van der Waals surface area contributed by atoms with Crippen LogP contribution < -0.4 is 16.2 Å². The van der Waals surface area contributed by atoms with Crippen LogP contribution in [-0.2, 0) is 13.1 Å². The predicted molar refractivity (Wildman–Crippen MR) is 115 cm³/mol. The molecular weight excluding hydrogens is 474 g/mol. The molecule has 0 aliphatic rings. The highest BCUT2D eigenvalue weighted by Gasteiger charge is 2.25. The molecule has 154 valence electrons. The molecule has 0 spiro atoms. The van der Waals surface area contributed by atoms with E-state index in [1.807, 2.05) is 26.0 Å². The van der Waals surface area contributed by atoms with E-state index in [4.69, 9.17) is 17.3 Å². The van der Waals surface area contributed by atoms with Gasteiger partial charge in [0, 0.05) is 26.5 Å². The van der Waals surface area contributed by atoms with Gasteiger partial charge in [-0.1, -0.05) is 17.7 Å². The summed E-state index contributed by atoms with van der Waals surface area (Å²) >= 11 is 9.87. The smallest absolute Gasteiger partial charge is 0.331 e. The number of aryl methyl sites for hydroxylation is 1. The summed E-state index contributed by atoms with van der Waals surface area (Å²) in [6, 6.07) is 5.44. The molecule has 3 N–H and O–H groups in total. The topological polar surface area (TPSA) is 116 Å². The maximum absolute atomic E-state index is 13.4. The van der Waals surface area contributed by atoms with Crippen LogP contribution in [-0.4, -0.2) is 29.3 Å². The summed E-state index contributed by atoms with van der Waals surface area (Å²) in [5.74, 6) is -0.0464. The van der Waals surface area contributed by atoms with Crippen LogP contribution in [0.25, 0.3) is 11.2 Å². The van der Waals surface area contributed by atoms with Crippen molar-refractivity contribution in [2.75, 3.05) is 5.73 Å². The highest BCUT2D eigenvalue weighted by Crippen LogP contribution is 2.24. The third kappa shape index (κ3) is 3.41. The molecule has 4 rings (SSSR count). The molecule has 0 bridgehead atoms. The van der Waals surface area contributed by atoms with Crippen LogP contribution in [0.3, 0.4) is 0 Å². The van der Waals surface area contributed by atoms with Gasteiger partial charge in [-0.25, -0.2) is 4.79 Å². The van der Waals surface area contributed by atoms with Crippen molar-refractivity contribution in [1.29, 1.82) is 0 Å². The normalized spacial score (nSPS) is 11.3. The van der Waals surface area contributed by atoms with Crippen molar-refractivity contribution < 1.29 is 9.94 Å². The first kappa shape index (κ1) is 20.3. The van der Waals surface area contributed by atoms with Crippen LogP contribution in [0.2, 0.25) is 5.15 Å². The highest BCUT2D eigenvalue weighted by atomic mass is 79.9. The lowest BCUT2D eigenvalue weighted by atomic mass is 10.1. The lowest BCUT2D eigenvalue weighted by molar-refractivity contribution is -0.910. The summed E-state index contributed by atoms with van der Waals surface area (Å²) in [5, 5.41) is 10.5. The first-order chi connectivity index (χ1) is 14.3. The van der Waals surface area contributed by atoms with Crippen LogP contribution in [0.1, 0.15) is 22.5 Å². The van der Waals surface area contributed by atoms with E-state index in [1.165, 1.54) is 9.13 Å². The number of anilines is 1. The quantitative estimate of drug-likeness (QED) is 0.257. The van der Waals surface area contributed by atoms with E-state index in [-0.39, 0.29) is 35.5 Å². The van der Waals surface area contributed by atoms with Gasteiger partial charge >= 0.3 is 5.69 Å². The van der Waals surface area contributed by atoms with Gasteiger partial charge in [0.2, 0.25) is 12.1 Å². The summed E-state index contributed by atoms with van der Waals surface area (Å²) in [5.41, 5.74) is 8.91. The minimum Gasteiger partial charge on any atom is -0.368 e. The van der Waals surface area contributed by atoms with Crippen molar-refractivity contribution in [3.8, 4) is 0 Å². The van der Waals surface area contributed by atoms with Crippen molar-refractivity contribution in [3.05, 3.63) is 73.2 Å². The number of imidazole rings is 1. The van der Waals surface area contributed by atoms with Crippen molar-refractivity contribution in [1.82, 2.24) is 24.1 Å². The number of aromatic nitrogens is 6. The van der Waals surface area contributed by atoms with E-state index in [1.54, 1.807) is 18.5 Å². The molecule has 0 aliphatic carbocycles. The summed E-state index contributed by atoms with van der Waals surface area (Å²) in [6.07, 6.45) is 3.22. The Bertz CT molecular complexity index is 1330. The lowest BCUT2D eigenvalue weighted by Gasteiger charge is -2.06. The lowest BCUT2D eigenvalue weighted by Crippen LogP contribution is -2.39. The summed E-state index contributed by atoms with van der Waals surface area (Å²) < 4.78 is 4.73. The Labute approximate surface area is 184 Å². The first-order valence-electron chi connectivity index (χ1n) is 8.99. The van der Waals surface area contributed by atoms with Crippen molar-refractivity contribution in [2.24, 2.45) is 0 Å². The molecule has 9 nitrogen and oxygen atoms in total. The Morgan fingerprint density at radius 2 is 2.00 bits per heavy atom. The maximum atomic E-state index is 13.4. The van der Waals surface area contributed by atoms with Gasteiger partial charge < -0.3 is 5.73 Å². The first-order valence-corrected chi connectivity index (χ1v) is 10.2. The third-order valence-corrected chi connectivity index (χ3v) is 6.37. The maximum Gasteiger partial charge on any atom is 0.331 e. The molecular formula is C19H18BrClN7O2+. The standard InChI is InChI=1S/C19H18BrClN7O2/c1-10-7-28(30)13(11(2)14(10)20)9-27-17-15(16(21)24-18(22)25-17)26(19(27)29)8-12-5-3-4-6-23-12/h3-7,30H,8-9H2,1-2H3,(H2,22,24,25)/q+1. The Hall–Kier alpha value is -2.98. The molecule has 4 aromatic heterocycles. The zero-order valence-corrected chi connectivity index (χ0v) is 18.5. The third-order valence-electron chi connectivity index (χ3n) is 4.88. The van der Waals surface area contributed by atoms with Crippen molar-refractivity contribution >= 4 is 44.6 Å². The fourth-order valence-electron chi connectivity index (χ4n) is 3.38. The van der Waals surface area contributed by atoms with E-state index in [9.17, 15) is 10.0 Å². The molecule has 0 aromatic carbocycles. The van der Waals surface area contributed by atoms with Crippen LogP contribution in [0.5, 0.6) is 0 Å².